The van der Waals surface area contributed by atoms with Crippen LogP contribution in [0.3, 0.4) is 0 Å². The SMILES string of the molecule is CCCC1CC1NC(=NCc1c(CC)noc1CC)NCC. The normalized spacial score (nSPS) is 21.0. The summed E-state index contributed by atoms with van der Waals surface area (Å²) in [5, 5.41) is 11.0. The van der Waals surface area contributed by atoms with Crippen LogP contribution in [-0.4, -0.2) is 23.7 Å². The summed E-state index contributed by atoms with van der Waals surface area (Å²) in [6.45, 7) is 10.1. The molecule has 0 radical (unpaired) electrons. The average Bonchev–Trinajstić information content (AvgIpc) is 3.12. The minimum Gasteiger partial charge on any atom is -0.361 e. The van der Waals surface area contributed by atoms with Gasteiger partial charge in [-0.2, -0.15) is 0 Å². The van der Waals surface area contributed by atoms with Gasteiger partial charge >= 0.3 is 0 Å². The van der Waals surface area contributed by atoms with Crippen LogP contribution in [0.2, 0.25) is 0 Å². The second-order valence-corrected chi connectivity index (χ2v) is 5.97. The van der Waals surface area contributed by atoms with Crippen molar-refractivity contribution in [2.75, 3.05) is 6.54 Å². The Morgan fingerprint density at radius 2 is 2.09 bits per heavy atom. The number of aryl methyl sites for hydroxylation is 2. The zero-order valence-electron chi connectivity index (χ0n) is 14.4. The van der Waals surface area contributed by atoms with Crippen LogP contribution >= 0.6 is 0 Å². The van der Waals surface area contributed by atoms with E-state index in [1.807, 2.05) is 0 Å². The van der Waals surface area contributed by atoms with E-state index in [9.17, 15) is 0 Å². The van der Waals surface area contributed by atoms with E-state index < -0.39 is 0 Å². The Labute approximate surface area is 133 Å². The third kappa shape index (κ3) is 4.24. The van der Waals surface area contributed by atoms with Crippen molar-refractivity contribution in [2.45, 2.75) is 72.4 Å². The summed E-state index contributed by atoms with van der Waals surface area (Å²) in [6.07, 6.45) is 5.59. The first-order valence-electron chi connectivity index (χ1n) is 8.74. The molecule has 1 saturated carbocycles. The molecule has 1 heterocycles. The van der Waals surface area contributed by atoms with Gasteiger partial charge in [0.2, 0.25) is 0 Å². The molecule has 5 nitrogen and oxygen atoms in total. The van der Waals surface area contributed by atoms with Gasteiger partial charge in [0.15, 0.2) is 5.96 Å². The summed E-state index contributed by atoms with van der Waals surface area (Å²) in [4.78, 5) is 4.74. The molecule has 124 valence electrons. The van der Waals surface area contributed by atoms with E-state index in [2.05, 4.69) is 43.5 Å². The fourth-order valence-electron chi connectivity index (χ4n) is 2.88. The van der Waals surface area contributed by atoms with Crippen molar-refractivity contribution in [1.29, 1.82) is 0 Å². The summed E-state index contributed by atoms with van der Waals surface area (Å²) in [7, 11) is 0. The highest BCUT2D eigenvalue weighted by molar-refractivity contribution is 5.80. The third-order valence-corrected chi connectivity index (χ3v) is 4.25. The van der Waals surface area contributed by atoms with E-state index in [4.69, 9.17) is 9.52 Å². The predicted molar refractivity (Wildman–Crippen MR) is 90.0 cm³/mol. The minimum absolute atomic E-state index is 0.594. The van der Waals surface area contributed by atoms with Gasteiger partial charge in [-0.3, -0.25) is 0 Å². The average molecular weight is 306 g/mol. The molecule has 0 aliphatic heterocycles. The fourth-order valence-corrected chi connectivity index (χ4v) is 2.88. The molecule has 2 unspecified atom stereocenters. The lowest BCUT2D eigenvalue weighted by atomic mass is 10.1. The van der Waals surface area contributed by atoms with Crippen molar-refractivity contribution < 1.29 is 4.52 Å². The molecular formula is C17H30N4O. The number of hydrogen-bond acceptors (Lipinski definition) is 3. The van der Waals surface area contributed by atoms with Crippen LogP contribution in [0.5, 0.6) is 0 Å². The molecule has 22 heavy (non-hydrogen) atoms. The van der Waals surface area contributed by atoms with E-state index in [1.54, 1.807) is 0 Å². The highest BCUT2D eigenvalue weighted by Gasteiger charge is 2.36. The van der Waals surface area contributed by atoms with E-state index in [0.29, 0.717) is 12.6 Å². The molecule has 2 rings (SSSR count). The predicted octanol–water partition coefficient (Wildman–Crippen LogP) is 3.04. The zero-order chi connectivity index (χ0) is 15.9. The lowest BCUT2D eigenvalue weighted by Crippen LogP contribution is -2.39. The maximum absolute atomic E-state index is 5.41. The highest BCUT2D eigenvalue weighted by Crippen LogP contribution is 2.34. The third-order valence-electron chi connectivity index (χ3n) is 4.25. The Bertz CT molecular complexity index is 473. The molecule has 0 saturated heterocycles. The van der Waals surface area contributed by atoms with Gasteiger partial charge in [0.25, 0.3) is 0 Å². The van der Waals surface area contributed by atoms with Gasteiger partial charge in [-0.15, -0.1) is 0 Å². The Balaban J connectivity index is 1.99. The molecule has 1 aromatic heterocycles. The van der Waals surface area contributed by atoms with Crippen molar-refractivity contribution in [2.24, 2.45) is 10.9 Å². The standard InChI is InChI=1S/C17H30N4O/c1-5-9-12-10-15(12)20-17(18-8-4)19-11-13-14(6-2)21-22-16(13)7-3/h12,15H,5-11H2,1-4H3,(H2,18,19,20). The van der Waals surface area contributed by atoms with E-state index in [1.165, 1.54) is 19.3 Å². The van der Waals surface area contributed by atoms with E-state index >= 15 is 0 Å². The molecule has 1 fully saturated rings. The molecule has 2 atom stereocenters. The first-order valence-corrected chi connectivity index (χ1v) is 8.74. The summed E-state index contributed by atoms with van der Waals surface area (Å²) in [5.41, 5.74) is 2.19. The highest BCUT2D eigenvalue weighted by atomic mass is 16.5. The van der Waals surface area contributed by atoms with Gasteiger partial charge in [0, 0.05) is 24.6 Å². The summed E-state index contributed by atoms with van der Waals surface area (Å²) in [5.74, 6) is 2.70. The number of rotatable bonds is 8. The van der Waals surface area contributed by atoms with Gasteiger partial charge in [-0.05, 0) is 32.1 Å². The number of guanidine groups is 1. The number of aliphatic imine (C=N–C) groups is 1. The molecule has 0 amide bonds. The van der Waals surface area contributed by atoms with Crippen LogP contribution in [0.15, 0.2) is 9.52 Å². The van der Waals surface area contributed by atoms with Crippen molar-refractivity contribution in [1.82, 2.24) is 15.8 Å². The smallest absolute Gasteiger partial charge is 0.191 e. The van der Waals surface area contributed by atoms with Crippen LogP contribution in [0.4, 0.5) is 0 Å². The first-order chi connectivity index (χ1) is 10.7. The van der Waals surface area contributed by atoms with E-state index in [-0.39, 0.29) is 0 Å². The molecule has 1 aliphatic carbocycles. The van der Waals surface area contributed by atoms with Gasteiger partial charge in [-0.25, -0.2) is 4.99 Å². The van der Waals surface area contributed by atoms with Gasteiger partial charge in [-0.1, -0.05) is 32.3 Å². The van der Waals surface area contributed by atoms with Crippen molar-refractivity contribution in [3.05, 3.63) is 17.0 Å². The van der Waals surface area contributed by atoms with Gasteiger partial charge < -0.3 is 15.2 Å². The molecule has 2 N–H and O–H groups in total. The fraction of sp³-hybridized carbons (Fsp3) is 0.765. The Kier molecular flexibility index (Phi) is 6.28. The molecular weight excluding hydrogens is 276 g/mol. The Hall–Kier alpha value is -1.52. The van der Waals surface area contributed by atoms with Gasteiger partial charge in [0.1, 0.15) is 5.76 Å². The quantitative estimate of drug-likeness (QED) is 0.572. The summed E-state index contributed by atoms with van der Waals surface area (Å²) >= 11 is 0. The van der Waals surface area contributed by atoms with Crippen LogP contribution in [0.1, 0.15) is 64.0 Å². The maximum Gasteiger partial charge on any atom is 0.191 e. The number of aromatic nitrogens is 1. The maximum atomic E-state index is 5.41. The Morgan fingerprint density at radius 3 is 2.73 bits per heavy atom. The molecule has 1 aliphatic rings. The van der Waals surface area contributed by atoms with Crippen molar-refractivity contribution in [3.8, 4) is 0 Å². The van der Waals surface area contributed by atoms with Crippen LogP contribution in [0, 0.1) is 5.92 Å². The van der Waals surface area contributed by atoms with E-state index in [0.717, 1.165) is 48.3 Å². The number of nitrogens with zero attached hydrogens (tertiary/aromatic N) is 2. The second-order valence-electron chi connectivity index (χ2n) is 5.97. The summed E-state index contributed by atoms with van der Waals surface area (Å²) in [6, 6.07) is 0.594. The first kappa shape index (κ1) is 16.8. The van der Waals surface area contributed by atoms with Crippen molar-refractivity contribution >= 4 is 5.96 Å². The van der Waals surface area contributed by atoms with Crippen LogP contribution in [0.25, 0.3) is 0 Å². The lowest BCUT2D eigenvalue weighted by Gasteiger charge is -2.11. The largest absolute Gasteiger partial charge is 0.361 e. The summed E-state index contributed by atoms with van der Waals surface area (Å²) < 4.78 is 5.41. The molecule has 1 aromatic rings. The van der Waals surface area contributed by atoms with Crippen LogP contribution in [-0.2, 0) is 19.4 Å². The molecule has 0 bridgehead atoms. The topological polar surface area (TPSA) is 62.5 Å². The molecule has 5 heteroatoms. The minimum atomic E-state index is 0.594. The van der Waals surface area contributed by atoms with Crippen molar-refractivity contribution in [3.63, 3.8) is 0 Å². The Morgan fingerprint density at radius 1 is 1.27 bits per heavy atom. The zero-order valence-corrected chi connectivity index (χ0v) is 14.4. The number of nitrogens with one attached hydrogen (secondary N) is 2. The lowest BCUT2D eigenvalue weighted by molar-refractivity contribution is 0.380. The van der Waals surface area contributed by atoms with Gasteiger partial charge in [0.05, 0.1) is 12.2 Å². The molecule has 0 aromatic carbocycles. The second kappa shape index (κ2) is 8.20. The number of hydrogen-bond donors (Lipinski definition) is 2. The van der Waals surface area contributed by atoms with Crippen LogP contribution < -0.4 is 10.6 Å². The monoisotopic (exact) mass is 306 g/mol. The molecule has 0 spiro atoms.